The summed E-state index contributed by atoms with van der Waals surface area (Å²) in [7, 11) is 0. The summed E-state index contributed by atoms with van der Waals surface area (Å²) < 4.78 is 0. The number of nitrogens with zero attached hydrogens (tertiary/aromatic N) is 1. The fourth-order valence-electron chi connectivity index (χ4n) is 1.73. The first-order chi connectivity index (χ1) is 6.63. The van der Waals surface area contributed by atoms with Crippen LogP contribution in [0.2, 0.25) is 0 Å². The van der Waals surface area contributed by atoms with Gasteiger partial charge in [0.1, 0.15) is 0 Å². The van der Waals surface area contributed by atoms with Crippen LogP contribution in [0.25, 0.3) is 0 Å². The minimum Gasteiger partial charge on any atom is -0.336 e. The third-order valence-corrected chi connectivity index (χ3v) is 3.71. The maximum absolute atomic E-state index is 4.07. The number of aryl methyl sites for hydroxylation is 2. The number of hydrogen-bond donors (Lipinski definition) is 0. The highest BCUT2D eigenvalue weighted by molar-refractivity contribution is 8.03. The molecule has 0 amide bonds. The van der Waals surface area contributed by atoms with E-state index in [1.165, 1.54) is 21.7 Å². The van der Waals surface area contributed by atoms with Crippen molar-refractivity contribution < 1.29 is 0 Å². The van der Waals surface area contributed by atoms with Crippen LogP contribution in [0.4, 0.5) is 5.69 Å². The highest BCUT2D eigenvalue weighted by Crippen LogP contribution is 2.45. The Labute approximate surface area is 89.8 Å². The molecule has 2 heteroatoms. The average molecular weight is 205 g/mol. The Morgan fingerprint density at radius 2 is 1.93 bits per heavy atom. The lowest BCUT2D eigenvalue weighted by Gasteiger charge is -2.17. The van der Waals surface area contributed by atoms with E-state index < -0.39 is 0 Å². The summed E-state index contributed by atoms with van der Waals surface area (Å²) >= 11 is 1.78. The van der Waals surface area contributed by atoms with Crippen molar-refractivity contribution in [2.45, 2.75) is 25.7 Å². The second-order valence-electron chi connectivity index (χ2n) is 3.64. The van der Waals surface area contributed by atoms with Crippen LogP contribution in [0.1, 0.15) is 18.1 Å². The molecule has 0 atom stereocenters. The Morgan fingerprint density at radius 3 is 2.57 bits per heavy atom. The van der Waals surface area contributed by atoms with Crippen molar-refractivity contribution in [2.24, 2.45) is 0 Å². The van der Waals surface area contributed by atoms with Gasteiger partial charge >= 0.3 is 0 Å². The summed E-state index contributed by atoms with van der Waals surface area (Å²) in [5.41, 5.74) is 4.05. The SMILES string of the molecule is C=C1Sc2cc(C)c(C)cc2N1CC. The molecule has 0 radical (unpaired) electrons. The van der Waals surface area contributed by atoms with Gasteiger partial charge in [-0.3, -0.25) is 0 Å². The number of benzene rings is 1. The van der Waals surface area contributed by atoms with Gasteiger partial charge in [-0.05, 0) is 44.0 Å². The summed E-state index contributed by atoms with van der Waals surface area (Å²) in [5, 5.41) is 1.15. The third kappa shape index (κ3) is 1.34. The lowest BCUT2D eigenvalue weighted by Crippen LogP contribution is -2.15. The first-order valence-electron chi connectivity index (χ1n) is 4.89. The molecule has 74 valence electrons. The van der Waals surface area contributed by atoms with Gasteiger partial charge in [-0.1, -0.05) is 18.3 Å². The van der Waals surface area contributed by atoms with Crippen LogP contribution in [0.5, 0.6) is 0 Å². The Balaban J connectivity index is 2.54. The summed E-state index contributed by atoms with van der Waals surface area (Å²) in [4.78, 5) is 3.62. The second-order valence-corrected chi connectivity index (χ2v) is 4.76. The fourth-order valence-corrected chi connectivity index (χ4v) is 2.83. The Morgan fingerprint density at radius 1 is 1.29 bits per heavy atom. The Kier molecular flexibility index (Phi) is 2.31. The predicted octanol–water partition coefficient (Wildman–Crippen LogP) is 3.71. The molecule has 1 aliphatic heterocycles. The van der Waals surface area contributed by atoms with Crippen LogP contribution in [0.15, 0.2) is 28.6 Å². The van der Waals surface area contributed by atoms with Crippen LogP contribution in [0, 0.1) is 13.8 Å². The highest BCUT2D eigenvalue weighted by Gasteiger charge is 2.22. The number of anilines is 1. The molecule has 14 heavy (non-hydrogen) atoms. The smallest absolute Gasteiger partial charge is 0.0728 e. The van der Waals surface area contributed by atoms with E-state index >= 15 is 0 Å². The molecule has 1 nitrogen and oxygen atoms in total. The van der Waals surface area contributed by atoms with Gasteiger partial charge < -0.3 is 4.90 Å². The fraction of sp³-hybridized carbons (Fsp3) is 0.333. The molecule has 0 saturated heterocycles. The lowest BCUT2D eigenvalue weighted by atomic mass is 10.1. The normalized spacial score (nSPS) is 14.8. The minimum absolute atomic E-state index is 1.00. The first kappa shape index (κ1) is 9.66. The number of hydrogen-bond acceptors (Lipinski definition) is 2. The molecule has 0 aromatic heterocycles. The van der Waals surface area contributed by atoms with Crippen LogP contribution < -0.4 is 4.90 Å². The number of thioether (sulfide) groups is 1. The Bertz CT molecular complexity index is 396. The van der Waals surface area contributed by atoms with Crippen LogP contribution in [-0.2, 0) is 0 Å². The van der Waals surface area contributed by atoms with Crippen molar-refractivity contribution in [1.82, 2.24) is 0 Å². The van der Waals surface area contributed by atoms with Gasteiger partial charge in [0.15, 0.2) is 0 Å². The van der Waals surface area contributed by atoms with E-state index in [-0.39, 0.29) is 0 Å². The highest BCUT2D eigenvalue weighted by atomic mass is 32.2. The van der Waals surface area contributed by atoms with E-state index in [4.69, 9.17) is 0 Å². The average Bonchev–Trinajstić information content (AvgIpc) is 2.42. The zero-order valence-corrected chi connectivity index (χ0v) is 9.74. The van der Waals surface area contributed by atoms with Crippen LogP contribution >= 0.6 is 11.8 Å². The largest absolute Gasteiger partial charge is 0.336 e. The standard InChI is InChI=1S/C12H15NS/c1-5-13-10(4)14-12-7-9(3)8(2)6-11(12)13/h6-7H,4-5H2,1-3H3. The van der Waals surface area contributed by atoms with Gasteiger partial charge in [0.25, 0.3) is 0 Å². The van der Waals surface area contributed by atoms with Crippen molar-refractivity contribution >= 4 is 17.4 Å². The lowest BCUT2D eigenvalue weighted by molar-refractivity contribution is 1.00. The number of fused-ring (bicyclic) bond motifs is 1. The van der Waals surface area contributed by atoms with Crippen molar-refractivity contribution in [3.8, 4) is 0 Å². The van der Waals surface area contributed by atoms with Crippen molar-refractivity contribution in [1.29, 1.82) is 0 Å². The molecule has 0 N–H and O–H groups in total. The van der Waals surface area contributed by atoms with Crippen molar-refractivity contribution in [3.05, 3.63) is 34.9 Å². The molecular formula is C12H15NS. The van der Waals surface area contributed by atoms with Gasteiger partial charge in [0.2, 0.25) is 0 Å². The zero-order valence-electron chi connectivity index (χ0n) is 8.92. The molecule has 0 aliphatic carbocycles. The van der Waals surface area contributed by atoms with E-state index in [1.807, 2.05) is 0 Å². The van der Waals surface area contributed by atoms with Gasteiger partial charge in [-0.25, -0.2) is 0 Å². The summed E-state index contributed by atoms with van der Waals surface area (Å²) in [6.45, 7) is 11.6. The maximum atomic E-state index is 4.07. The molecule has 0 bridgehead atoms. The molecule has 1 heterocycles. The zero-order chi connectivity index (χ0) is 10.3. The monoisotopic (exact) mass is 205 g/mol. The van der Waals surface area contributed by atoms with E-state index in [0.29, 0.717) is 0 Å². The molecule has 1 aromatic carbocycles. The van der Waals surface area contributed by atoms with E-state index in [2.05, 4.69) is 44.4 Å². The van der Waals surface area contributed by atoms with Gasteiger partial charge in [-0.2, -0.15) is 0 Å². The van der Waals surface area contributed by atoms with Crippen LogP contribution in [0.3, 0.4) is 0 Å². The predicted molar refractivity (Wildman–Crippen MR) is 63.9 cm³/mol. The molecular weight excluding hydrogens is 190 g/mol. The minimum atomic E-state index is 1.00. The second kappa shape index (κ2) is 3.35. The topological polar surface area (TPSA) is 3.24 Å². The summed E-state index contributed by atoms with van der Waals surface area (Å²) in [6, 6.07) is 4.52. The molecule has 0 spiro atoms. The Hall–Kier alpha value is -0.890. The molecule has 1 aliphatic rings. The summed E-state index contributed by atoms with van der Waals surface area (Å²) in [5.74, 6) is 0. The van der Waals surface area contributed by atoms with Gasteiger partial charge in [0, 0.05) is 11.4 Å². The van der Waals surface area contributed by atoms with Crippen LogP contribution in [-0.4, -0.2) is 6.54 Å². The van der Waals surface area contributed by atoms with Gasteiger partial charge in [-0.15, -0.1) is 0 Å². The molecule has 0 unspecified atom stereocenters. The maximum Gasteiger partial charge on any atom is 0.0728 e. The first-order valence-corrected chi connectivity index (χ1v) is 5.70. The number of rotatable bonds is 1. The summed E-state index contributed by atoms with van der Waals surface area (Å²) in [6.07, 6.45) is 0. The third-order valence-electron chi connectivity index (χ3n) is 2.71. The van der Waals surface area contributed by atoms with Crippen molar-refractivity contribution in [3.63, 3.8) is 0 Å². The van der Waals surface area contributed by atoms with E-state index in [1.54, 1.807) is 11.8 Å². The molecule has 0 fully saturated rings. The quantitative estimate of drug-likeness (QED) is 0.687. The molecule has 2 rings (SSSR count). The van der Waals surface area contributed by atoms with Crippen molar-refractivity contribution in [2.75, 3.05) is 11.4 Å². The molecule has 1 aromatic rings. The van der Waals surface area contributed by atoms with E-state index in [9.17, 15) is 0 Å². The molecule has 0 saturated carbocycles. The van der Waals surface area contributed by atoms with Gasteiger partial charge in [0.05, 0.1) is 10.7 Å². The van der Waals surface area contributed by atoms with E-state index in [0.717, 1.165) is 11.6 Å².